The molecule has 11 rings (SSSR count). The summed E-state index contributed by atoms with van der Waals surface area (Å²) in [5.74, 6) is 0. The van der Waals surface area contributed by atoms with Crippen LogP contribution in [-0.2, 0) is 32.5 Å². The van der Waals surface area contributed by atoms with Crippen molar-refractivity contribution in [1.82, 2.24) is 0 Å². The van der Waals surface area contributed by atoms with Crippen LogP contribution in [0.2, 0.25) is 0 Å². The highest BCUT2D eigenvalue weighted by Gasteiger charge is 2.52. The van der Waals surface area contributed by atoms with Gasteiger partial charge in [0, 0.05) is 51.2 Å². The molecule has 5 heteroatoms. The van der Waals surface area contributed by atoms with Crippen molar-refractivity contribution in [3.05, 3.63) is 161 Å². The van der Waals surface area contributed by atoms with E-state index >= 15 is 0 Å². The molecule has 0 aliphatic carbocycles. The fourth-order valence-corrected chi connectivity index (χ4v) is 12.0. The van der Waals surface area contributed by atoms with E-state index in [0.717, 1.165) is 0 Å². The molecule has 0 N–H and O–H groups in total. The Kier molecular flexibility index (Phi) is 10.2. The summed E-state index contributed by atoms with van der Waals surface area (Å²) in [7, 11) is 0. The number of hydrogen-bond acceptors (Lipinski definition) is 3. The van der Waals surface area contributed by atoms with E-state index in [-0.39, 0.29) is 45.9 Å². The lowest BCUT2D eigenvalue weighted by atomic mass is 9.28. The summed E-state index contributed by atoms with van der Waals surface area (Å²) < 4.78 is 0. The van der Waals surface area contributed by atoms with Crippen LogP contribution in [0, 0.1) is 0 Å². The molecular formula is C66H75B2N3. The van der Waals surface area contributed by atoms with Crippen LogP contribution in [0.4, 0.5) is 51.2 Å². The van der Waals surface area contributed by atoms with Crippen molar-refractivity contribution in [3.8, 4) is 0 Å². The predicted molar refractivity (Wildman–Crippen MR) is 312 cm³/mol. The molecule has 0 fully saturated rings. The van der Waals surface area contributed by atoms with Gasteiger partial charge in [-0.15, -0.1) is 0 Å². The van der Waals surface area contributed by atoms with Gasteiger partial charge in [-0.1, -0.05) is 197 Å². The van der Waals surface area contributed by atoms with Crippen LogP contribution in [0.1, 0.15) is 158 Å². The summed E-state index contributed by atoms with van der Waals surface area (Å²) >= 11 is 0. The zero-order valence-corrected chi connectivity index (χ0v) is 46.1. The number of fused-ring (bicyclic) bond motifs is 10. The van der Waals surface area contributed by atoms with Gasteiger partial charge in [-0.25, -0.2) is 0 Å². The van der Waals surface area contributed by atoms with Crippen molar-refractivity contribution in [2.75, 3.05) is 14.7 Å². The first-order chi connectivity index (χ1) is 33.0. The first-order valence-electron chi connectivity index (χ1n) is 26.4. The Morgan fingerprint density at radius 1 is 0.254 bits per heavy atom. The minimum atomic E-state index is -0.0400. The Hall–Kier alpha value is -5.93. The molecule has 71 heavy (non-hydrogen) atoms. The molecule has 0 spiro atoms. The average Bonchev–Trinajstić information content (AvgIpc) is 3.28. The van der Waals surface area contributed by atoms with Gasteiger partial charge in [-0.2, -0.15) is 0 Å². The second-order valence-electron chi connectivity index (χ2n) is 27.7. The van der Waals surface area contributed by atoms with E-state index in [0.29, 0.717) is 0 Å². The molecule has 0 saturated heterocycles. The summed E-state index contributed by atoms with van der Waals surface area (Å²) in [5, 5.41) is 0. The number of benzene rings is 7. The van der Waals surface area contributed by atoms with Crippen LogP contribution in [-0.4, -0.2) is 13.4 Å². The fourth-order valence-electron chi connectivity index (χ4n) is 12.0. The molecule has 0 unspecified atom stereocenters. The second-order valence-corrected chi connectivity index (χ2v) is 27.7. The Balaban J connectivity index is 1.33. The largest absolute Gasteiger partial charge is 0.312 e. The number of rotatable bonds is 2. The summed E-state index contributed by atoms with van der Waals surface area (Å²) in [4.78, 5) is 7.97. The standard InChI is InChI=1S/C66H75B2N3/c1-61(2,3)40-19-27-46(28-20-40)69-52-31-23-42(63(7,8)9)35-48(52)67-50-37-44(65(13,14)15)25-33-54(50)71-55-34-26-45(66(16,17)18)38-51(55)68-49-36-43(64(10,11)12)24-32-53(49)70(47-29-21-41(22-30-47)62(4,5)6)57-39-56(69)58(67)60(71)59(57)68/h19-39H,1-18H3. The minimum Gasteiger partial charge on any atom is -0.312 e. The molecule has 3 nitrogen and oxygen atoms in total. The Labute approximate surface area is 427 Å². The molecule has 0 radical (unpaired) electrons. The lowest BCUT2D eigenvalue weighted by molar-refractivity contribution is 0.590. The molecule has 4 aliphatic rings. The van der Waals surface area contributed by atoms with Crippen molar-refractivity contribution in [2.45, 2.75) is 157 Å². The normalized spacial score (nSPS) is 15.0. The van der Waals surface area contributed by atoms with Gasteiger partial charge < -0.3 is 14.7 Å². The average molecular weight is 932 g/mol. The Morgan fingerprint density at radius 3 is 0.746 bits per heavy atom. The van der Waals surface area contributed by atoms with Gasteiger partial charge in [0.15, 0.2) is 0 Å². The maximum atomic E-state index is 2.72. The smallest absolute Gasteiger partial charge is 0.252 e. The molecule has 0 aromatic heterocycles. The van der Waals surface area contributed by atoms with Gasteiger partial charge in [-0.05, 0) is 153 Å². The maximum Gasteiger partial charge on any atom is 0.252 e. The molecule has 4 aliphatic heterocycles. The summed E-state index contributed by atoms with van der Waals surface area (Å²) in [6, 6.07) is 51.4. The zero-order chi connectivity index (χ0) is 50.9. The molecule has 0 bridgehead atoms. The molecule has 4 heterocycles. The first kappa shape index (κ1) is 47.4. The number of nitrogens with zero attached hydrogens (tertiary/aromatic N) is 3. The molecule has 0 amide bonds. The monoisotopic (exact) mass is 932 g/mol. The molecule has 0 atom stereocenters. The van der Waals surface area contributed by atoms with Crippen molar-refractivity contribution < 1.29 is 0 Å². The highest BCUT2D eigenvalue weighted by Crippen LogP contribution is 2.51. The van der Waals surface area contributed by atoms with E-state index in [2.05, 4.69) is 267 Å². The van der Waals surface area contributed by atoms with E-state index in [1.807, 2.05) is 0 Å². The predicted octanol–water partition coefficient (Wildman–Crippen LogP) is 14.2. The van der Waals surface area contributed by atoms with Gasteiger partial charge in [0.2, 0.25) is 0 Å². The van der Waals surface area contributed by atoms with Crippen LogP contribution >= 0.6 is 0 Å². The summed E-state index contributed by atoms with van der Waals surface area (Å²) in [6.07, 6.45) is 0. The van der Waals surface area contributed by atoms with E-state index in [9.17, 15) is 0 Å². The Morgan fingerprint density at radius 2 is 0.493 bits per heavy atom. The van der Waals surface area contributed by atoms with Crippen LogP contribution in [0.3, 0.4) is 0 Å². The van der Waals surface area contributed by atoms with Crippen molar-refractivity contribution in [1.29, 1.82) is 0 Å². The highest BCUT2D eigenvalue weighted by molar-refractivity contribution is 7.04. The molecular weight excluding hydrogens is 856 g/mol. The summed E-state index contributed by atoms with van der Waals surface area (Å²) in [5.41, 5.74) is 27.6. The van der Waals surface area contributed by atoms with E-state index in [1.54, 1.807) is 0 Å². The quantitative estimate of drug-likeness (QED) is 0.160. The summed E-state index contributed by atoms with van der Waals surface area (Å²) in [6.45, 7) is 42.3. The third kappa shape index (κ3) is 7.45. The maximum absolute atomic E-state index is 2.72. The van der Waals surface area contributed by atoms with Crippen molar-refractivity contribution in [3.63, 3.8) is 0 Å². The number of hydrogen-bond donors (Lipinski definition) is 0. The zero-order valence-electron chi connectivity index (χ0n) is 46.1. The van der Waals surface area contributed by atoms with Gasteiger partial charge in [0.05, 0.1) is 0 Å². The topological polar surface area (TPSA) is 9.72 Å². The van der Waals surface area contributed by atoms with Gasteiger partial charge in [-0.3, -0.25) is 0 Å². The second kappa shape index (κ2) is 15.3. The Bertz CT molecular complexity index is 3050. The first-order valence-corrected chi connectivity index (χ1v) is 26.4. The molecule has 360 valence electrons. The SMILES string of the molecule is CC(C)(C)c1ccc(N2c3ccc(C(C)(C)C)cc3B3c4cc(C(C)(C)C)ccc4N4c5ccc(C(C)(C)C)cc5B5c6cc(C(C)(C)C)ccc6N(c6ccc(C(C)(C)C)cc6)c6cc2c3c4c65)cc1. The van der Waals surface area contributed by atoms with Crippen molar-refractivity contribution in [2.24, 2.45) is 0 Å². The van der Waals surface area contributed by atoms with Crippen LogP contribution < -0.4 is 47.5 Å². The van der Waals surface area contributed by atoms with E-state index in [4.69, 9.17) is 0 Å². The fraction of sp³-hybridized carbons (Fsp3) is 0.364. The van der Waals surface area contributed by atoms with Crippen LogP contribution in [0.15, 0.2) is 127 Å². The third-order valence-electron chi connectivity index (χ3n) is 16.4. The lowest BCUT2D eigenvalue weighted by Crippen LogP contribution is -2.69. The third-order valence-corrected chi connectivity index (χ3v) is 16.4. The van der Waals surface area contributed by atoms with Crippen LogP contribution in [0.25, 0.3) is 0 Å². The van der Waals surface area contributed by atoms with E-state index < -0.39 is 0 Å². The van der Waals surface area contributed by atoms with Gasteiger partial charge in [0.1, 0.15) is 0 Å². The minimum absolute atomic E-state index is 0.000813. The van der Waals surface area contributed by atoms with Crippen molar-refractivity contribution >= 4 is 97.4 Å². The van der Waals surface area contributed by atoms with Crippen LogP contribution in [0.5, 0.6) is 0 Å². The van der Waals surface area contributed by atoms with E-state index in [1.165, 1.54) is 117 Å². The lowest BCUT2D eigenvalue weighted by Gasteiger charge is -2.51. The molecule has 7 aromatic rings. The number of anilines is 9. The highest BCUT2D eigenvalue weighted by atomic mass is 15.2. The molecule has 0 saturated carbocycles. The van der Waals surface area contributed by atoms with Gasteiger partial charge >= 0.3 is 0 Å². The van der Waals surface area contributed by atoms with Gasteiger partial charge in [0.25, 0.3) is 13.4 Å². The molecule has 7 aromatic carbocycles.